The van der Waals surface area contributed by atoms with E-state index in [9.17, 15) is 0 Å². The predicted molar refractivity (Wildman–Crippen MR) is 59.0 cm³/mol. The van der Waals surface area contributed by atoms with Gasteiger partial charge >= 0.3 is 0 Å². The fourth-order valence-corrected chi connectivity index (χ4v) is 1.19. The third kappa shape index (κ3) is 3.59. The van der Waals surface area contributed by atoms with Crippen LogP contribution in [-0.2, 0) is 11.4 Å². The summed E-state index contributed by atoms with van der Waals surface area (Å²) in [4.78, 5) is 9.38. The molecule has 0 spiro atoms. The Morgan fingerprint density at radius 1 is 1.40 bits per heavy atom. The number of hydroxylamine groups is 1. The van der Waals surface area contributed by atoms with Crippen molar-refractivity contribution in [1.29, 1.82) is 0 Å². The lowest BCUT2D eigenvalue weighted by Crippen LogP contribution is -2.31. The second-order valence-corrected chi connectivity index (χ2v) is 3.62. The van der Waals surface area contributed by atoms with E-state index in [4.69, 9.17) is 10.6 Å². The topological polar surface area (TPSA) is 59.6 Å². The van der Waals surface area contributed by atoms with Crippen LogP contribution in [0.5, 0.6) is 0 Å². The third-order valence-corrected chi connectivity index (χ3v) is 2.13. The largest absolute Gasteiger partial charge is 0.368 e. The monoisotopic (exact) mass is 205 g/mol. The molecule has 4 heteroatoms. The number of rotatable bonds is 4. The van der Waals surface area contributed by atoms with Crippen LogP contribution in [0, 0.1) is 0 Å². The van der Waals surface area contributed by atoms with Crippen molar-refractivity contribution in [2.75, 3.05) is 0 Å². The van der Waals surface area contributed by atoms with Crippen LogP contribution in [0.1, 0.15) is 18.4 Å². The lowest BCUT2D eigenvalue weighted by Gasteiger charge is -2.05. The molecule has 80 valence electrons. The Bertz CT molecular complexity index is 333. The Hall–Kier alpha value is -1.55. The minimum Gasteiger partial charge on any atom is -0.368 e. The molecule has 1 aliphatic rings. The summed E-state index contributed by atoms with van der Waals surface area (Å²) in [5.41, 5.74) is 9.32. The molecule has 1 saturated carbocycles. The zero-order valence-corrected chi connectivity index (χ0v) is 8.52. The number of hydrogen-bond acceptors (Lipinski definition) is 2. The van der Waals surface area contributed by atoms with E-state index in [0.717, 1.165) is 18.4 Å². The predicted octanol–water partition coefficient (Wildman–Crippen LogP) is 1.18. The molecule has 0 atom stereocenters. The molecule has 1 fully saturated rings. The van der Waals surface area contributed by atoms with Gasteiger partial charge in [0.15, 0.2) is 0 Å². The molecule has 15 heavy (non-hydrogen) atoms. The number of nitrogens with two attached hydrogens (primary N) is 1. The van der Waals surface area contributed by atoms with Gasteiger partial charge in [0.05, 0.1) is 12.6 Å². The smallest absolute Gasteiger partial charge is 0.213 e. The Balaban J connectivity index is 1.70. The van der Waals surface area contributed by atoms with Crippen molar-refractivity contribution in [1.82, 2.24) is 5.48 Å². The first kappa shape index (κ1) is 9.98. The number of nitrogens with one attached hydrogen (secondary N) is 1. The molecule has 0 saturated heterocycles. The molecule has 1 aromatic carbocycles. The second kappa shape index (κ2) is 4.79. The molecule has 0 bridgehead atoms. The van der Waals surface area contributed by atoms with Crippen molar-refractivity contribution in [3.63, 3.8) is 0 Å². The highest BCUT2D eigenvalue weighted by Crippen LogP contribution is 2.22. The van der Waals surface area contributed by atoms with E-state index in [-0.39, 0.29) is 0 Å². The van der Waals surface area contributed by atoms with Crippen molar-refractivity contribution in [2.45, 2.75) is 25.5 Å². The molecule has 0 aliphatic heterocycles. The fourth-order valence-electron chi connectivity index (χ4n) is 1.19. The standard InChI is InChI=1S/C11H15N3O/c12-11(13-10-6-7-10)14-15-8-9-4-2-1-3-5-9/h1-5,10H,6-8H2,(H3,12,13,14). The quantitative estimate of drug-likeness (QED) is 0.441. The van der Waals surface area contributed by atoms with Gasteiger partial charge in [-0.05, 0) is 18.4 Å². The first-order valence-electron chi connectivity index (χ1n) is 5.09. The van der Waals surface area contributed by atoms with Gasteiger partial charge < -0.3 is 5.73 Å². The molecule has 0 amide bonds. The summed E-state index contributed by atoms with van der Waals surface area (Å²) in [7, 11) is 0. The maximum Gasteiger partial charge on any atom is 0.213 e. The van der Waals surface area contributed by atoms with Gasteiger partial charge in [-0.15, -0.1) is 0 Å². The number of nitrogens with zero attached hydrogens (tertiary/aromatic N) is 1. The van der Waals surface area contributed by atoms with Crippen LogP contribution < -0.4 is 11.2 Å². The van der Waals surface area contributed by atoms with E-state index in [1.165, 1.54) is 0 Å². The first-order chi connectivity index (χ1) is 7.34. The Labute approximate surface area is 89.1 Å². The van der Waals surface area contributed by atoms with Gasteiger partial charge in [-0.2, -0.15) is 0 Å². The molecule has 0 unspecified atom stereocenters. The molecule has 1 aliphatic carbocycles. The van der Waals surface area contributed by atoms with Crippen molar-refractivity contribution in [2.24, 2.45) is 10.7 Å². The molecule has 0 heterocycles. The van der Waals surface area contributed by atoms with Gasteiger partial charge in [0, 0.05) is 0 Å². The number of aliphatic imine (C=N–C) groups is 1. The van der Waals surface area contributed by atoms with Crippen molar-refractivity contribution in [3.8, 4) is 0 Å². The van der Waals surface area contributed by atoms with Crippen LogP contribution in [-0.4, -0.2) is 12.0 Å². The van der Waals surface area contributed by atoms with Gasteiger partial charge in [0.2, 0.25) is 5.96 Å². The number of hydrogen-bond donors (Lipinski definition) is 2. The maximum atomic E-state index is 5.59. The summed E-state index contributed by atoms with van der Waals surface area (Å²) >= 11 is 0. The summed E-state index contributed by atoms with van der Waals surface area (Å²) in [6.45, 7) is 0.488. The van der Waals surface area contributed by atoms with Crippen LogP contribution in [0.3, 0.4) is 0 Å². The van der Waals surface area contributed by atoms with Crippen LogP contribution in [0.25, 0.3) is 0 Å². The average molecular weight is 205 g/mol. The molecule has 0 radical (unpaired) electrons. The van der Waals surface area contributed by atoms with Gasteiger partial charge in [0.1, 0.15) is 0 Å². The maximum absolute atomic E-state index is 5.59. The fraction of sp³-hybridized carbons (Fsp3) is 0.364. The minimum absolute atomic E-state index is 0.369. The highest BCUT2D eigenvalue weighted by molar-refractivity contribution is 5.77. The number of guanidine groups is 1. The zero-order chi connectivity index (χ0) is 10.5. The first-order valence-corrected chi connectivity index (χ1v) is 5.09. The lowest BCUT2D eigenvalue weighted by atomic mass is 10.2. The molecule has 2 rings (SSSR count). The molecule has 4 nitrogen and oxygen atoms in total. The highest BCUT2D eigenvalue weighted by Gasteiger charge is 2.20. The molecule has 1 aromatic rings. The van der Waals surface area contributed by atoms with Crippen LogP contribution in [0.15, 0.2) is 35.3 Å². The van der Waals surface area contributed by atoms with E-state index in [1.807, 2.05) is 30.3 Å². The van der Waals surface area contributed by atoms with E-state index in [1.54, 1.807) is 0 Å². The normalized spacial score (nSPS) is 16.4. The van der Waals surface area contributed by atoms with E-state index >= 15 is 0 Å². The Kier molecular flexibility index (Phi) is 3.19. The van der Waals surface area contributed by atoms with E-state index < -0.39 is 0 Å². The second-order valence-electron chi connectivity index (χ2n) is 3.62. The van der Waals surface area contributed by atoms with Crippen molar-refractivity contribution in [3.05, 3.63) is 35.9 Å². The van der Waals surface area contributed by atoms with Crippen molar-refractivity contribution < 1.29 is 4.84 Å². The highest BCUT2D eigenvalue weighted by atomic mass is 16.6. The Morgan fingerprint density at radius 3 is 2.80 bits per heavy atom. The van der Waals surface area contributed by atoms with Gasteiger partial charge in [0.25, 0.3) is 0 Å². The SMILES string of the molecule is NC(=NC1CC1)NOCc1ccccc1. The van der Waals surface area contributed by atoms with Gasteiger partial charge in [-0.25, -0.2) is 10.5 Å². The number of benzene rings is 1. The van der Waals surface area contributed by atoms with Crippen LogP contribution in [0.4, 0.5) is 0 Å². The summed E-state index contributed by atoms with van der Waals surface area (Å²) in [6, 6.07) is 10.3. The average Bonchev–Trinajstić information content (AvgIpc) is 3.03. The zero-order valence-electron chi connectivity index (χ0n) is 8.52. The van der Waals surface area contributed by atoms with E-state index in [2.05, 4.69) is 10.5 Å². The molecule has 3 N–H and O–H groups in total. The molecule has 0 aromatic heterocycles. The van der Waals surface area contributed by atoms with Crippen molar-refractivity contribution >= 4 is 5.96 Å². The van der Waals surface area contributed by atoms with Gasteiger partial charge in [-0.3, -0.25) is 4.84 Å². The van der Waals surface area contributed by atoms with Crippen LogP contribution in [0.2, 0.25) is 0 Å². The Morgan fingerprint density at radius 2 is 2.13 bits per heavy atom. The van der Waals surface area contributed by atoms with Crippen LogP contribution >= 0.6 is 0 Å². The minimum atomic E-state index is 0.369. The lowest BCUT2D eigenvalue weighted by molar-refractivity contribution is 0.0701. The summed E-state index contributed by atoms with van der Waals surface area (Å²) in [5.74, 6) is 0.369. The summed E-state index contributed by atoms with van der Waals surface area (Å²) in [5, 5.41) is 0. The summed E-state index contributed by atoms with van der Waals surface area (Å²) < 4.78 is 0. The third-order valence-electron chi connectivity index (χ3n) is 2.13. The van der Waals surface area contributed by atoms with E-state index in [0.29, 0.717) is 18.6 Å². The molecular weight excluding hydrogens is 190 g/mol. The van der Waals surface area contributed by atoms with Gasteiger partial charge in [-0.1, -0.05) is 30.3 Å². The summed E-state index contributed by atoms with van der Waals surface area (Å²) in [6.07, 6.45) is 2.28. The molecular formula is C11H15N3O.